The van der Waals surface area contributed by atoms with Gasteiger partial charge in [-0.05, 0) is 42.0 Å². The topological polar surface area (TPSA) is 90.3 Å². The third-order valence-corrected chi connectivity index (χ3v) is 3.71. The Hall–Kier alpha value is -3.53. The van der Waals surface area contributed by atoms with Gasteiger partial charge in [0.1, 0.15) is 18.1 Å². The van der Waals surface area contributed by atoms with Crippen molar-refractivity contribution in [2.45, 2.75) is 19.6 Å². The van der Waals surface area contributed by atoms with Crippen LogP contribution in [0.25, 0.3) is 11.5 Å². The maximum atomic E-state index is 11.7. The molecule has 0 bridgehead atoms. The summed E-state index contributed by atoms with van der Waals surface area (Å²) in [6.45, 7) is 0.642. The van der Waals surface area contributed by atoms with Crippen molar-refractivity contribution in [1.82, 2.24) is 9.78 Å². The van der Waals surface area contributed by atoms with Crippen molar-refractivity contribution in [1.29, 1.82) is 5.26 Å². The van der Waals surface area contributed by atoms with E-state index < -0.39 is 5.76 Å². The zero-order valence-electron chi connectivity index (χ0n) is 14.2. The van der Waals surface area contributed by atoms with Crippen molar-refractivity contribution in [3.63, 3.8) is 0 Å². The van der Waals surface area contributed by atoms with E-state index in [1.165, 1.54) is 0 Å². The average Bonchev–Trinajstić information content (AvgIpc) is 3.06. The van der Waals surface area contributed by atoms with Gasteiger partial charge >= 0.3 is 5.76 Å². The van der Waals surface area contributed by atoms with Gasteiger partial charge in [0.05, 0.1) is 26.1 Å². The van der Waals surface area contributed by atoms with Crippen LogP contribution in [-0.4, -0.2) is 16.9 Å². The minimum Gasteiger partial charge on any atom is -0.497 e. The van der Waals surface area contributed by atoms with Crippen LogP contribution in [0.15, 0.2) is 57.7 Å². The normalized spacial score (nSPS) is 10.3. The number of methoxy groups -OCH3 is 1. The smallest absolute Gasteiger partial charge is 0.437 e. The first-order valence-corrected chi connectivity index (χ1v) is 8.00. The molecule has 0 aliphatic carbocycles. The number of nitriles is 1. The molecule has 0 atom stereocenters. The molecule has 3 rings (SSSR count). The van der Waals surface area contributed by atoms with Gasteiger partial charge in [0.25, 0.3) is 0 Å². The first-order chi connectivity index (χ1) is 12.7. The van der Waals surface area contributed by atoms with Crippen LogP contribution in [-0.2, 0) is 13.2 Å². The van der Waals surface area contributed by atoms with Crippen LogP contribution in [0, 0.1) is 11.3 Å². The largest absolute Gasteiger partial charge is 0.497 e. The molecule has 0 saturated carbocycles. The highest BCUT2D eigenvalue weighted by atomic mass is 16.5. The third kappa shape index (κ3) is 4.11. The van der Waals surface area contributed by atoms with Gasteiger partial charge in [-0.2, -0.15) is 9.94 Å². The standard InChI is InChI=1S/C19H17N3O4/c1-24-16-7-3-14(4-8-16)13-25-17-9-5-15(6-10-17)18-21-22(12-2-11-20)19(23)26-18/h3-10H,2,12-13H2,1H3. The van der Waals surface area contributed by atoms with E-state index in [1.54, 1.807) is 31.4 Å². The SMILES string of the molecule is COc1ccc(COc2ccc(-c3nn(CCC#N)c(=O)o3)cc2)cc1. The number of ether oxygens (including phenoxy) is 2. The fraction of sp³-hybridized carbons (Fsp3) is 0.211. The van der Waals surface area contributed by atoms with Crippen LogP contribution in [0.3, 0.4) is 0 Å². The van der Waals surface area contributed by atoms with Crippen LogP contribution < -0.4 is 15.2 Å². The maximum absolute atomic E-state index is 11.7. The second-order valence-corrected chi connectivity index (χ2v) is 5.47. The summed E-state index contributed by atoms with van der Waals surface area (Å²) in [6, 6.07) is 16.7. The molecule has 0 unspecified atom stereocenters. The molecule has 0 fully saturated rings. The summed E-state index contributed by atoms with van der Waals surface area (Å²) in [7, 11) is 1.63. The van der Waals surface area contributed by atoms with Gasteiger partial charge in [0.2, 0.25) is 5.89 Å². The monoisotopic (exact) mass is 351 g/mol. The summed E-state index contributed by atoms with van der Waals surface area (Å²) >= 11 is 0. The lowest BCUT2D eigenvalue weighted by Gasteiger charge is -2.07. The van der Waals surface area contributed by atoms with E-state index in [1.807, 2.05) is 30.3 Å². The molecule has 26 heavy (non-hydrogen) atoms. The summed E-state index contributed by atoms with van der Waals surface area (Å²) in [6.07, 6.45) is 0.198. The van der Waals surface area contributed by atoms with E-state index in [9.17, 15) is 4.79 Å². The molecule has 3 aromatic rings. The first kappa shape index (κ1) is 17.3. The predicted molar refractivity (Wildman–Crippen MR) is 93.8 cm³/mol. The van der Waals surface area contributed by atoms with Crippen LogP contribution in [0.4, 0.5) is 0 Å². The summed E-state index contributed by atoms with van der Waals surface area (Å²) in [4.78, 5) is 11.7. The predicted octanol–water partition coefficient (Wildman–Crippen LogP) is 3.00. The van der Waals surface area contributed by atoms with Gasteiger partial charge in [-0.15, -0.1) is 5.10 Å². The molecule has 0 radical (unpaired) electrons. The molecule has 0 aliphatic rings. The zero-order valence-corrected chi connectivity index (χ0v) is 14.2. The highest BCUT2D eigenvalue weighted by Crippen LogP contribution is 2.21. The molecule has 0 N–H and O–H groups in total. The van der Waals surface area contributed by atoms with E-state index in [2.05, 4.69) is 5.10 Å². The molecule has 132 valence electrons. The Morgan fingerprint density at radius 3 is 2.46 bits per heavy atom. The molecule has 1 heterocycles. The second-order valence-electron chi connectivity index (χ2n) is 5.47. The Labute approximate surface area is 150 Å². The van der Waals surface area contributed by atoms with Crippen molar-refractivity contribution >= 4 is 0 Å². The van der Waals surface area contributed by atoms with E-state index >= 15 is 0 Å². The van der Waals surface area contributed by atoms with Crippen LogP contribution in [0.1, 0.15) is 12.0 Å². The van der Waals surface area contributed by atoms with Gasteiger partial charge < -0.3 is 13.9 Å². The first-order valence-electron chi connectivity index (χ1n) is 8.00. The summed E-state index contributed by atoms with van der Waals surface area (Å²) in [5, 5.41) is 12.7. The highest BCUT2D eigenvalue weighted by Gasteiger charge is 2.10. The van der Waals surface area contributed by atoms with Gasteiger partial charge in [-0.3, -0.25) is 0 Å². The quantitative estimate of drug-likeness (QED) is 0.650. The fourth-order valence-electron chi connectivity index (χ4n) is 2.30. The lowest BCUT2D eigenvalue weighted by Crippen LogP contribution is -2.15. The average molecular weight is 351 g/mol. The summed E-state index contributed by atoms with van der Waals surface area (Å²) < 4.78 is 17.1. The van der Waals surface area contributed by atoms with Crippen molar-refractivity contribution < 1.29 is 13.9 Å². The lowest BCUT2D eigenvalue weighted by atomic mass is 10.2. The fourth-order valence-corrected chi connectivity index (χ4v) is 2.30. The Kier molecular flexibility index (Phi) is 5.34. The van der Waals surface area contributed by atoms with E-state index in [-0.39, 0.29) is 18.9 Å². The van der Waals surface area contributed by atoms with Crippen molar-refractivity contribution in [3.8, 4) is 29.0 Å². The van der Waals surface area contributed by atoms with E-state index in [0.717, 1.165) is 16.0 Å². The maximum Gasteiger partial charge on any atom is 0.437 e. The molecule has 0 saturated heterocycles. The number of rotatable bonds is 7. The molecule has 0 spiro atoms. The summed E-state index contributed by atoms with van der Waals surface area (Å²) in [5.41, 5.74) is 1.69. The number of aryl methyl sites for hydroxylation is 1. The Balaban J connectivity index is 1.64. The summed E-state index contributed by atoms with van der Waals surface area (Å²) in [5.74, 6) is 1.13. The van der Waals surface area contributed by atoms with Crippen molar-refractivity contribution in [2.24, 2.45) is 0 Å². The number of nitrogens with zero attached hydrogens (tertiary/aromatic N) is 3. The number of aromatic nitrogens is 2. The zero-order chi connectivity index (χ0) is 18.4. The van der Waals surface area contributed by atoms with Crippen molar-refractivity contribution in [3.05, 3.63) is 64.6 Å². The van der Waals surface area contributed by atoms with Gasteiger partial charge in [0, 0.05) is 5.56 Å². The molecule has 2 aromatic carbocycles. The number of hydrogen-bond acceptors (Lipinski definition) is 6. The van der Waals surface area contributed by atoms with Gasteiger partial charge in [-0.1, -0.05) is 12.1 Å². The minimum absolute atomic E-state index is 0.198. The lowest BCUT2D eigenvalue weighted by molar-refractivity contribution is 0.306. The third-order valence-electron chi connectivity index (χ3n) is 3.71. The Bertz CT molecular complexity index is 950. The van der Waals surface area contributed by atoms with Crippen LogP contribution in [0.2, 0.25) is 0 Å². The van der Waals surface area contributed by atoms with E-state index in [0.29, 0.717) is 17.9 Å². The van der Waals surface area contributed by atoms with Crippen LogP contribution in [0.5, 0.6) is 11.5 Å². The molecular formula is C19H17N3O4. The second kappa shape index (κ2) is 8.03. The molecule has 0 aliphatic heterocycles. The molecular weight excluding hydrogens is 334 g/mol. The molecule has 7 nitrogen and oxygen atoms in total. The van der Waals surface area contributed by atoms with Crippen LogP contribution >= 0.6 is 0 Å². The number of benzene rings is 2. The molecule has 7 heteroatoms. The van der Waals surface area contributed by atoms with E-state index in [4.69, 9.17) is 19.2 Å². The van der Waals surface area contributed by atoms with Crippen molar-refractivity contribution in [2.75, 3.05) is 7.11 Å². The highest BCUT2D eigenvalue weighted by molar-refractivity contribution is 5.53. The Morgan fingerprint density at radius 1 is 1.12 bits per heavy atom. The molecule has 1 aromatic heterocycles. The molecule has 0 amide bonds. The van der Waals surface area contributed by atoms with Gasteiger partial charge in [-0.25, -0.2) is 4.79 Å². The number of hydrogen-bond donors (Lipinski definition) is 0. The minimum atomic E-state index is -0.574. The Morgan fingerprint density at radius 2 is 1.81 bits per heavy atom. The van der Waals surface area contributed by atoms with Gasteiger partial charge in [0.15, 0.2) is 0 Å².